The predicted molar refractivity (Wildman–Crippen MR) is 176 cm³/mol. The molecular formula is C41H28O. The maximum absolute atomic E-state index is 13.3. The molecule has 0 aromatic heterocycles. The molecule has 0 saturated carbocycles. The van der Waals surface area contributed by atoms with Gasteiger partial charge in [-0.1, -0.05) is 133 Å². The summed E-state index contributed by atoms with van der Waals surface area (Å²) in [6, 6.07) is 49.8. The number of ketones is 1. The van der Waals surface area contributed by atoms with Crippen LogP contribution in [0.5, 0.6) is 0 Å². The van der Waals surface area contributed by atoms with Gasteiger partial charge in [0, 0.05) is 12.0 Å². The lowest BCUT2D eigenvalue weighted by Gasteiger charge is -2.21. The van der Waals surface area contributed by atoms with Gasteiger partial charge in [-0.05, 0) is 90.7 Å². The van der Waals surface area contributed by atoms with Crippen LogP contribution in [0.15, 0.2) is 140 Å². The van der Waals surface area contributed by atoms with E-state index in [1.54, 1.807) is 0 Å². The number of Topliss-reactive ketones (excluding diaryl/α,β-unsaturated/α-hetero) is 1. The van der Waals surface area contributed by atoms with Gasteiger partial charge in [0.05, 0.1) is 0 Å². The van der Waals surface area contributed by atoms with Crippen LogP contribution >= 0.6 is 0 Å². The predicted octanol–water partition coefficient (Wildman–Crippen LogP) is 10.7. The molecule has 7 aromatic rings. The third kappa shape index (κ3) is 4.05. The van der Waals surface area contributed by atoms with E-state index in [1.807, 2.05) is 0 Å². The molecule has 42 heavy (non-hydrogen) atoms. The number of rotatable bonds is 3. The molecule has 1 aliphatic rings. The number of hydrogen-bond acceptors (Lipinski definition) is 1. The summed E-state index contributed by atoms with van der Waals surface area (Å²) in [5, 5.41) is 5.03. The van der Waals surface area contributed by atoms with Crippen LogP contribution in [-0.4, -0.2) is 5.78 Å². The first kappa shape index (κ1) is 24.5. The maximum Gasteiger partial charge on any atom is 0.167 e. The molecule has 0 unspecified atom stereocenters. The summed E-state index contributed by atoms with van der Waals surface area (Å²) in [6.45, 7) is 2.09. The molecule has 0 N–H and O–H groups in total. The van der Waals surface area contributed by atoms with Crippen LogP contribution < -0.4 is 0 Å². The van der Waals surface area contributed by atoms with Crippen LogP contribution in [0.4, 0.5) is 0 Å². The van der Waals surface area contributed by atoms with E-state index in [4.69, 9.17) is 0 Å². The molecule has 0 heterocycles. The second-order valence-corrected chi connectivity index (χ2v) is 11.4. The van der Waals surface area contributed by atoms with Crippen molar-refractivity contribution >= 4 is 27.3 Å². The Balaban J connectivity index is 1.16. The molecule has 7 aromatic carbocycles. The van der Waals surface area contributed by atoms with Crippen molar-refractivity contribution in [2.75, 3.05) is 0 Å². The van der Waals surface area contributed by atoms with Crippen LogP contribution in [0.25, 0.3) is 66.1 Å². The van der Waals surface area contributed by atoms with Gasteiger partial charge in [0.15, 0.2) is 5.78 Å². The van der Waals surface area contributed by atoms with Gasteiger partial charge < -0.3 is 0 Å². The lowest BCUT2D eigenvalue weighted by molar-refractivity contribution is 0.0992. The molecule has 0 bridgehead atoms. The third-order valence-corrected chi connectivity index (χ3v) is 8.73. The Hall–Kier alpha value is -5.27. The molecule has 0 radical (unpaired) electrons. The average molecular weight is 537 g/mol. The van der Waals surface area contributed by atoms with Crippen molar-refractivity contribution in [2.45, 2.75) is 13.3 Å². The van der Waals surface area contributed by atoms with E-state index >= 15 is 0 Å². The number of carbonyl (C=O) groups excluding carboxylic acids is 1. The van der Waals surface area contributed by atoms with Gasteiger partial charge in [0.1, 0.15) is 0 Å². The summed E-state index contributed by atoms with van der Waals surface area (Å²) >= 11 is 0. The van der Waals surface area contributed by atoms with Crippen LogP contribution in [0.3, 0.4) is 0 Å². The second kappa shape index (κ2) is 9.68. The molecule has 0 saturated heterocycles. The van der Waals surface area contributed by atoms with Crippen molar-refractivity contribution in [2.24, 2.45) is 0 Å². The molecule has 0 spiro atoms. The highest BCUT2D eigenvalue weighted by Crippen LogP contribution is 2.40. The standard InChI is InChI=1S/C41H28O/c1-26-10-12-27(13-11-26)31-19-21-38-35-20-18-30(22-34(35)25-40(42)39(38)24-31)28-14-16-29(17-15-28)41-36-8-4-2-6-32(36)23-33-7-3-5-9-37(33)41/h2-24H,25H2,1H3. The quantitative estimate of drug-likeness (QED) is 0.205. The highest BCUT2D eigenvalue weighted by molar-refractivity contribution is 6.13. The Morgan fingerprint density at radius 2 is 0.976 bits per heavy atom. The zero-order chi connectivity index (χ0) is 28.2. The monoisotopic (exact) mass is 536 g/mol. The average Bonchev–Trinajstić information content (AvgIpc) is 3.04. The van der Waals surface area contributed by atoms with Crippen molar-refractivity contribution in [3.63, 3.8) is 0 Å². The minimum absolute atomic E-state index is 0.182. The van der Waals surface area contributed by atoms with Gasteiger partial charge in [0.25, 0.3) is 0 Å². The van der Waals surface area contributed by atoms with E-state index in [9.17, 15) is 4.79 Å². The van der Waals surface area contributed by atoms with Crippen LogP contribution in [0.1, 0.15) is 21.5 Å². The van der Waals surface area contributed by atoms with Crippen molar-refractivity contribution < 1.29 is 4.79 Å². The molecule has 0 aliphatic heterocycles. The lowest BCUT2D eigenvalue weighted by Crippen LogP contribution is -2.12. The van der Waals surface area contributed by atoms with Gasteiger partial charge in [0.2, 0.25) is 0 Å². The van der Waals surface area contributed by atoms with Gasteiger partial charge >= 0.3 is 0 Å². The Bertz CT molecular complexity index is 2110. The van der Waals surface area contributed by atoms with E-state index in [-0.39, 0.29) is 5.78 Å². The zero-order valence-corrected chi connectivity index (χ0v) is 23.4. The van der Waals surface area contributed by atoms with Crippen LogP contribution in [0.2, 0.25) is 0 Å². The summed E-state index contributed by atoms with van der Waals surface area (Å²) in [5.74, 6) is 0.182. The molecule has 0 amide bonds. The lowest BCUT2D eigenvalue weighted by atomic mass is 9.82. The first-order chi connectivity index (χ1) is 20.6. The largest absolute Gasteiger partial charge is 0.294 e. The minimum Gasteiger partial charge on any atom is -0.294 e. The van der Waals surface area contributed by atoms with Crippen LogP contribution in [-0.2, 0) is 6.42 Å². The molecular weight excluding hydrogens is 508 g/mol. The Morgan fingerprint density at radius 3 is 1.64 bits per heavy atom. The summed E-state index contributed by atoms with van der Waals surface area (Å²) in [7, 11) is 0. The fourth-order valence-electron chi connectivity index (χ4n) is 6.54. The minimum atomic E-state index is 0.182. The SMILES string of the molecule is Cc1ccc(-c2ccc3c(c2)C(=O)Cc2cc(-c4ccc(-c5c6ccccc6cc6ccccc56)cc4)ccc2-3)cc1. The van der Waals surface area contributed by atoms with Crippen molar-refractivity contribution in [3.8, 4) is 44.5 Å². The van der Waals surface area contributed by atoms with E-state index < -0.39 is 0 Å². The van der Waals surface area contributed by atoms with E-state index in [0.717, 1.165) is 44.5 Å². The van der Waals surface area contributed by atoms with E-state index in [0.29, 0.717) is 6.42 Å². The first-order valence-electron chi connectivity index (χ1n) is 14.5. The summed E-state index contributed by atoms with van der Waals surface area (Å²) < 4.78 is 0. The first-order valence-corrected chi connectivity index (χ1v) is 14.5. The third-order valence-electron chi connectivity index (χ3n) is 8.73. The van der Waals surface area contributed by atoms with Crippen molar-refractivity contribution in [1.29, 1.82) is 0 Å². The van der Waals surface area contributed by atoms with E-state index in [2.05, 4.69) is 146 Å². The number of carbonyl (C=O) groups is 1. The molecule has 1 aliphatic carbocycles. The number of fused-ring (bicyclic) bond motifs is 5. The smallest absolute Gasteiger partial charge is 0.167 e. The van der Waals surface area contributed by atoms with E-state index in [1.165, 1.54) is 38.2 Å². The summed E-state index contributed by atoms with van der Waals surface area (Å²) in [5.41, 5.74) is 12.3. The number of benzene rings is 7. The fraction of sp³-hybridized carbons (Fsp3) is 0.0488. The molecule has 0 fully saturated rings. The Labute approximate surface area is 245 Å². The van der Waals surface area contributed by atoms with Gasteiger partial charge in [-0.2, -0.15) is 0 Å². The number of aryl methyl sites for hydroxylation is 1. The Morgan fingerprint density at radius 1 is 0.452 bits per heavy atom. The highest BCUT2D eigenvalue weighted by atomic mass is 16.1. The van der Waals surface area contributed by atoms with Gasteiger partial charge in [-0.3, -0.25) is 4.79 Å². The normalized spacial score (nSPS) is 12.4. The molecule has 198 valence electrons. The maximum atomic E-state index is 13.3. The summed E-state index contributed by atoms with van der Waals surface area (Å²) in [4.78, 5) is 13.3. The Kier molecular flexibility index (Phi) is 5.65. The molecule has 1 heteroatoms. The molecule has 8 rings (SSSR count). The zero-order valence-electron chi connectivity index (χ0n) is 23.4. The topological polar surface area (TPSA) is 17.1 Å². The van der Waals surface area contributed by atoms with Crippen molar-refractivity contribution in [3.05, 3.63) is 156 Å². The van der Waals surface area contributed by atoms with Gasteiger partial charge in [-0.25, -0.2) is 0 Å². The summed E-state index contributed by atoms with van der Waals surface area (Å²) in [6.07, 6.45) is 0.424. The number of hydrogen-bond donors (Lipinski definition) is 0. The highest BCUT2D eigenvalue weighted by Gasteiger charge is 2.23. The molecule has 1 nitrogen and oxygen atoms in total. The fourth-order valence-corrected chi connectivity index (χ4v) is 6.54. The van der Waals surface area contributed by atoms with Crippen molar-refractivity contribution in [1.82, 2.24) is 0 Å². The van der Waals surface area contributed by atoms with Gasteiger partial charge in [-0.15, -0.1) is 0 Å². The second-order valence-electron chi connectivity index (χ2n) is 11.4. The molecule has 0 atom stereocenters. The van der Waals surface area contributed by atoms with Crippen LogP contribution in [0, 0.1) is 6.92 Å².